The zero-order chi connectivity index (χ0) is 21.6. The molecular weight excluding hydrogens is 392 g/mol. The van der Waals surface area contributed by atoms with Crippen LogP contribution in [0.5, 0.6) is 11.5 Å². The number of rotatable bonds is 6. The first-order valence-electron chi connectivity index (χ1n) is 10.9. The van der Waals surface area contributed by atoms with E-state index in [-0.39, 0.29) is 5.91 Å². The van der Waals surface area contributed by atoms with E-state index in [9.17, 15) is 4.79 Å². The largest absolute Gasteiger partial charge is 0.497 e. The molecule has 0 N–H and O–H groups in total. The van der Waals surface area contributed by atoms with Crippen LogP contribution in [0.1, 0.15) is 0 Å². The first kappa shape index (κ1) is 21.3. The van der Waals surface area contributed by atoms with Crippen LogP contribution >= 0.6 is 0 Å². The number of nitrogens with zero attached hydrogens (tertiary/aromatic N) is 4. The number of carbonyl (C=O) groups excluding carboxylic acids is 1. The summed E-state index contributed by atoms with van der Waals surface area (Å²) in [4.78, 5) is 21.8. The molecule has 4 rings (SSSR count). The van der Waals surface area contributed by atoms with Crippen molar-refractivity contribution in [3.05, 3.63) is 48.5 Å². The first-order chi connectivity index (χ1) is 15.2. The minimum Gasteiger partial charge on any atom is -0.497 e. The monoisotopic (exact) mass is 424 g/mol. The van der Waals surface area contributed by atoms with Gasteiger partial charge in [-0.3, -0.25) is 9.69 Å². The van der Waals surface area contributed by atoms with Gasteiger partial charge in [-0.05, 0) is 36.4 Å². The molecule has 2 aliphatic heterocycles. The van der Waals surface area contributed by atoms with Crippen LogP contribution in [-0.4, -0.2) is 88.8 Å². The Labute approximate surface area is 184 Å². The summed E-state index contributed by atoms with van der Waals surface area (Å²) in [6, 6.07) is 16.3. The average molecular weight is 425 g/mol. The van der Waals surface area contributed by atoms with Crippen LogP contribution < -0.4 is 19.3 Å². The Morgan fingerprint density at radius 1 is 0.774 bits per heavy atom. The van der Waals surface area contributed by atoms with Gasteiger partial charge in [-0.2, -0.15) is 0 Å². The molecule has 2 aliphatic rings. The van der Waals surface area contributed by atoms with Crippen LogP contribution in [0.2, 0.25) is 0 Å². The summed E-state index contributed by atoms with van der Waals surface area (Å²) in [7, 11) is 3.39. The summed E-state index contributed by atoms with van der Waals surface area (Å²) in [5.41, 5.74) is 2.31. The number of amides is 1. The molecule has 2 aromatic carbocycles. The third-order valence-electron chi connectivity index (χ3n) is 6.23. The van der Waals surface area contributed by atoms with Crippen molar-refractivity contribution in [2.24, 2.45) is 0 Å². The van der Waals surface area contributed by atoms with Crippen LogP contribution in [-0.2, 0) is 4.79 Å². The second-order valence-electron chi connectivity index (χ2n) is 8.00. The Hall–Kier alpha value is -2.93. The van der Waals surface area contributed by atoms with Crippen molar-refractivity contribution in [1.29, 1.82) is 0 Å². The van der Waals surface area contributed by atoms with E-state index in [4.69, 9.17) is 9.47 Å². The van der Waals surface area contributed by atoms with E-state index in [2.05, 4.69) is 32.9 Å². The summed E-state index contributed by atoms with van der Waals surface area (Å²) in [5, 5.41) is 0. The van der Waals surface area contributed by atoms with Crippen LogP contribution in [0, 0.1) is 0 Å². The van der Waals surface area contributed by atoms with E-state index in [1.54, 1.807) is 14.2 Å². The van der Waals surface area contributed by atoms with Gasteiger partial charge in [0.1, 0.15) is 11.5 Å². The molecule has 31 heavy (non-hydrogen) atoms. The van der Waals surface area contributed by atoms with Gasteiger partial charge in [0.15, 0.2) is 0 Å². The van der Waals surface area contributed by atoms with Crippen LogP contribution in [0.3, 0.4) is 0 Å². The number of ether oxygens (including phenoxy) is 2. The molecule has 0 aliphatic carbocycles. The highest BCUT2D eigenvalue weighted by Gasteiger charge is 2.25. The summed E-state index contributed by atoms with van der Waals surface area (Å²) in [6.07, 6.45) is 0. The molecule has 0 saturated carbocycles. The van der Waals surface area contributed by atoms with Gasteiger partial charge in [0, 0.05) is 58.0 Å². The van der Waals surface area contributed by atoms with Gasteiger partial charge in [-0.1, -0.05) is 12.1 Å². The number of piperazine rings is 2. The molecule has 2 aromatic rings. The molecule has 1 amide bonds. The molecular formula is C24H32N4O3. The van der Waals surface area contributed by atoms with E-state index >= 15 is 0 Å². The highest BCUT2D eigenvalue weighted by atomic mass is 16.5. The Bertz CT molecular complexity index is 857. The third-order valence-corrected chi connectivity index (χ3v) is 6.23. The molecule has 0 bridgehead atoms. The predicted molar refractivity (Wildman–Crippen MR) is 123 cm³/mol. The van der Waals surface area contributed by atoms with Crippen molar-refractivity contribution in [3.8, 4) is 11.5 Å². The standard InChI is InChI=1S/C24H32N4O3/c1-30-21-9-7-20(8-10-21)26-13-11-25(12-14-26)19-24(29)28-17-15-27(16-18-28)22-5-3-4-6-23(22)31-2/h3-10H,11-19H2,1-2H3. The van der Waals surface area contributed by atoms with E-state index in [0.29, 0.717) is 6.54 Å². The molecule has 0 spiro atoms. The predicted octanol–water partition coefficient (Wildman–Crippen LogP) is 2.17. The molecule has 2 saturated heterocycles. The van der Waals surface area contributed by atoms with Crippen LogP contribution in [0.4, 0.5) is 11.4 Å². The summed E-state index contributed by atoms with van der Waals surface area (Å²) in [5.74, 6) is 1.99. The highest BCUT2D eigenvalue weighted by molar-refractivity contribution is 5.78. The molecule has 0 aromatic heterocycles. The lowest BCUT2D eigenvalue weighted by molar-refractivity contribution is -0.132. The van der Waals surface area contributed by atoms with Gasteiger partial charge in [0.2, 0.25) is 5.91 Å². The van der Waals surface area contributed by atoms with E-state index in [1.165, 1.54) is 5.69 Å². The van der Waals surface area contributed by atoms with Crippen molar-refractivity contribution >= 4 is 17.3 Å². The minimum absolute atomic E-state index is 0.234. The van der Waals surface area contributed by atoms with Gasteiger partial charge in [-0.15, -0.1) is 0 Å². The van der Waals surface area contributed by atoms with E-state index < -0.39 is 0 Å². The summed E-state index contributed by atoms with van der Waals surface area (Å²) < 4.78 is 10.7. The van der Waals surface area contributed by atoms with Gasteiger partial charge in [0.05, 0.1) is 26.5 Å². The number of benzene rings is 2. The maximum atomic E-state index is 12.9. The van der Waals surface area contributed by atoms with Gasteiger partial charge in [-0.25, -0.2) is 0 Å². The molecule has 0 atom stereocenters. The number of hydrogen-bond acceptors (Lipinski definition) is 6. The van der Waals surface area contributed by atoms with Crippen molar-refractivity contribution in [2.45, 2.75) is 0 Å². The fourth-order valence-electron chi connectivity index (χ4n) is 4.34. The Morgan fingerprint density at radius 3 is 2.06 bits per heavy atom. The van der Waals surface area contributed by atoms with E-state index in [0.717, 1.165) is 69.5 Å². The number of hydrogen-bond donors (Lipinski definition) is 0. The lowest BCUT2D eigenvalue weighted by Crippen LogP contribution is -2.54. The number of para-hydroxylation sites is 2. The Kier molecular flexibility index (Phi) is 6.82. The Balaban J connectivity index is 1.23. The smallest absolute Gasteiger partial charge is 0.236 e. The van der Waals surface area contributed by atoms with Crippen LogP contribution in [0.25, 0.3) is 0 Å². The van der Waals surface area contributed by atoms with Gasteiger partial charge in [0.25, 0.3) is 0 Å². The normalized spacial score (nSPS) is 17.5. The fraction of sp³-hybridized carbons (Fsp3) is 0.458. The fourth-order valence-corrected chi connectivity index (χ4v) is 4.34. The lowest BCUT2D eigenvalue weighted by Gasteiger charge is -2.39. The van der Waals surface area contributed by atoms with Crippen molar-refractivity contribution < 1.29 is 14.3 Å². The molecule has 2 heterocycles. The second-order valence-corrected chi connectivity index (χ2v) is 8.00. The number of methoxy groups -OCH3 is 2. The third kappa shape index (κ3) is 5.05. The lowest BCUT2D eigenvalue weighted by atomic mass is 10.2. The van der Waals surface area contributed by atoms with Crippen molar-refractivity contribution in [3.63, 3.8) is 0 Å². The zero-order valence-corrected chi connectivity index (χ0v) is 18.5. The highest BCUT2D eigenvalue weighted by Crippen LogP contribution is 2.28. The molecule has 166 valence electrons. The molecule has 7 heteroatoms. The zero-order valence-electron chi connectivity index (χ0n) is 18.5. The maximum Gasteiger partial charge on any atom is 0.236 e. The van der Waals surface area contributed by atoms with Crippen molar-refractivity contribution in [1.82, 2.24) is 9.80 Å². The molecule has 0 unspecified atom stereocenters. The summed E-state index contributed by atoms with van der Waals surface area (Å²) in [6.45, 7) is 7.34. The summed E-state index contributed by atoms with van der Waals surface area (Å²) >= 11 is 0. The number of carbonyl (C=O) groups is 1. The molecule has 0 radical (unpaired) electrons. The first-order valence-corrected chi connectivity index (χ1v) is 10.9. The van der Waals surface area contributed by atoms with Gasteiger partial charge < -0.3 is 24.2 Å². The molecule has 2 fully saturated rings. The number of anilines is 2. The van der Waals surface area contributed by atoms with Gasteiger partial charge >= 0.3 is 0 Å². The second kappa shape index (κ2) is 9.92. The molecule has 7 nitrogen and oxygen atoms in total. The minimum atomic E-state index is 0.234. The SMILES string of the molecule is COc1ccc(N2CCN(CC(=O)N3CCN(c4ccccc4OC)CC3)CC2)cc1. The van der Waals surface area contributed by atoms with E-state index in [1.807, 2.05) is 35.2 Å². The quantitative estimate of drug-likeness (QED) is 0.709. The van der Waals surface area contributed by atoms with Crippen LogP contribution in [0.15, 0.2) is 48.5 Å². The van der Waals surface area contributed by atoms with Crippen molar-refractivity contribution in [2.75, 3.05) is 82.9 Å². The average Bonchev–Trinajstić information content (AvgIpc) is 2.84. The Morgan fingerprint density at radius 2 is 1.42 bits per heavy atom. The topological polar surface area (TPSA) is 48.5 Å². The maximum absolute atomic E-state index is 12.9.